The molecule has 1 amide bonds. The molecule has 0 radical (unpaired) electrons. The molecule has 2 heterocycles. The number of H-pyrrole nitrogens is 1. The summed E-state index contributed by atoms with van der Waals surface area (Å²) in [4.78, 5) is 44.4. The lowest BCUT2D eigenvalue weighted by Crippen LogP contribution is -2.55. The molecule has 1 aromatic carbocycles. The molecule has 3 aliphatic rings. The first-order chi connectivity index (χ1) is 19.0. The molecule has 1 aliphatic heterocycles. The van der Waals surface area contributed by atoms with Gasteiger partial charge in [0.1, 0.15) is 11.5 Å². The Bertz CT molecular complexity index is 1510. The van der Waals surface area contributed by atoms with Gasteiger partial charge >= 0.3 is 0 Å². The van der Waals surface area contributed by atoms with Crippen molar-refractivity contribution in [2.75, 3.05) is 0 Å². The number of aromatic nitrogens is 1. The van der Waals surface area contributed by atoms with E-state index in [9.17, 15) is 24.6 Å². The number of benzene rings is 1. The highest BCUT2D eigenvalue weighted by atomic mass is 79.9. The number of aromatic amines is 1. The van der Waals surface area contributed by atoms with Crippen LogP contribution in [0.1, 0.15) is 39.7 Å². The molecule has 1 fully saturated rings. The number of rotatable bonds is 2. The summed E-state index contributed by atoms with van der Waals surface area (Å²) >= 11 is 3.54. The fraction of sp³-hybridized carbons (Fsp3) is 0.406. The summed E-state index contributed by atoms with van der Waals surface area (Å²) in [5, 5.41) is 26.2. The van der Waals surface area contributed by atoms with Crippen molar-refractivity contribution in [3.05, 3.63) is 81.5 Å². The Balaban J connectivity index is 1.65. The third kappa shape index (κ3) is 4.56. The van der Waals surface area contributed by atoms with Crippen molar-refractivity contribution >= 4 is 44.3 Å². The van der Waals surface area contributed by atoms with E-state index in [0.29, 0.717) is 18.4 Å². The monoisotopic (exact) mass is 606 g/mol. The Kier molecular flexibility index (Phi) is 7.63. The third-order valence-electron chi connectivity index (χ3n) is 9.06. The quantitative estimate of drug-likeness (QED) is 0.296. The van der Waals surface area contributed by atoms with E-state index >= 15 is 0 Å². The van der Waals surface area contributed by atoms with Crippen molar-refractivity contribution in [2.24, 2.45) is 23.2 Å². The van der Waals surface area contributed by atoms with Crippen molar-refractivity contribution in [3.63, 3.8) is 0 Å². The molecule has 40 heavy (non-hydrogen) atoms. The summed E-state index contributed by atoms with van der Waals surface area (Å²) in [7, 11) is 0. The van der Waals surface area contributed by atoms with E-state index in [2.05, 4.69) is 26.2 Å². The second kappa shape index (κ2) is 10.7. The second-order valence-corrected chi connectivity index (χ2v) is 12.4. The van der Waals surface area contributed by atoms with Gasteiger partial charge in [-0.3, -0.25) is 14.4 Å². The highest BCUT2D eigenvalue weighted by Gasteiger charge is 2.66. The van der Waals surface area contributed by atoms with Gasteiger partial charge in [-0.2, -0.15) is 0 Å². The third-order valence-corrected chi connectivity index (χ3v) is 9.55. The summed E-state index contributed by atoms with van der Waals surface area (Å²) < 4.78 is 0.937. The first-order valence-electron chi connectivity index (χ1n) is 13.7. The van der Waals surface area contributed by atoms with Gasteiger partial charge in [-0.05, 0) is 86.6 Å². The fourth-order valence-electron chi connectivity index (χ4n) is 6.90. The lowest BCUT2D eigenvalue weighted by atomic mass is 9.55. The van der Waals surface area contributed by atoms with Crippen LogP contribution in [0.4, 0.5) is 0 Å². The molecule has 7 nitrogen and oxygen atoms in total. The van der Waals surface area contributed by atoms with E-state index < -0.39 is 53.0 Å². The summed E-state index contributed by atoms with van der Waals surface area (Å²) in [6.45, 7) is 7.39. The predicted octanol–water partition coefficient (Wildman–Crippen LogP) is 4.50. The number of aliphatic hydroxyl groups excluding tert-OH is 2. The smallest absolute Gasteiger partial charge is 0.235 e. The lowest BCUT2D eigenvalue weighted by molar-refractivity contribution is -0.144. The number of fused-ring (bicyclic) bond motifs is 1. The molecule has 2 aliphatic carbocycles. The number of ketones is 2. The molecule has 1 spiro atoms. The van der Waals surface area contributed by atoms with Gasteiger partial charge in [0.25, 0.3) is 0 Å². The Morgan fingerprint density at radius 3 is 2.58 bits per heavy atom. The predicted molar refractivity (Wildman–Crippen MR) is 157 cm³/mol. The number of carbonyl (C=O) groups excluding carboxylic acids is 3. The Hall–Kier alpha value is -3.07. The van der Waals surface area contributed by atoms with E-state index in [1.54, 1.807) is 13.0 Å². The van der Waals surface area contributed by atoms with Gasteiger partial charge in [-0.25, -0.2) is 0 Å². The number of amides is 1. The van der Waals surface area contributed by atoms with Crippen molar-refractivity contribution in [1.29, 1.82) is 0 Å². The standard InChI is InChI=1S/C32H35BrN2O5/c1-16-6-5-7-23-30(39)19(4)18(3)28-25(13-20-15-34-24-9-8-21(33)14-22(20)24)35-31(40)32(23,28)27(37)11-10-26(36)29(38)17(2)12-16/h5,7-12,14-16,23,25,28-30,34,38-39H,6,13H2,1-4H3,(H,35,40)/b7-5+,11-10+,17-12+/t16-,23-,25-,28-,29+,30+,32+/m0/s1. The summed E-state index contributed by atoms with van der Waals surface area (Å²) in [6, 6.07) is 5.55. The highest BCUT2D eigenvalue weighted by molar-refractivity contribution is 9.10. The Morgan fingerprint density at radius 2 is 1.82 bits per heavy atom. The molecule has 0 saturated carbocycles. The van der Waals surface area contributed by atoms with Crippen LogP contribution in [-0.4, -0.2) is 50.9 Å². The summed E-state index contributed by atoms with van der Waals surface area (Å²) in [5.74, 6) is -2.99. The van der Waals surface area contributed by atoms with Crippen LogP contribution in [0.25, 0.3) is 10.9 Å². The molecule has 1 saturated heterocycles. The molecule has 210 valence electrons. The maximum absolute atomic E-state index is 14.2. The minimum absolute atomic E-state index is 0.00339. The number of allylic oxidation sites excluding steroid dienone is 3. The van der Waals surface area contributed by atoms with Gasteiger partial charge in [-0.15, -0.1) is 0 Å². The van der Waals surface area contributed by atoms with Gasteiger partial charge in [0.2, 0.25) is 5.91 Å². The van der Waals surface area contributed by atoms with E-state index in [4.69, 9.17) is 0 Å². The summed E-state index contributed by atoms with van der Waals surface area (Å²) in [6.07, 6.45) is 8.28. The van der Waals surface area contributed by atoms with Crippen molar-refractivity contribution < 1.29 is 24.6 Å². The van der Waals surface area contributed by atoms with E-state index in [1.165, 1.54) is 0 Å². The van der Waals surface area contributed by atoms with Crippen LogP contribution < -0.4 is 5.32 Å². The molecular weight excluding hydrogens is 572 g/mol. The van der Waals surface area contributed by atoms with Crippen molar-refractivity contribution in [3.8, 4) is 0 Å². The van der Waals surface area contributed by atoms with E-state index in [0.717, 1.165) is 44.2 Å². The van der Waals surface area contributed by atoms with Crippen LogP contribution in [-0.2, 0) is 20.8 Å². The molecular formula is C32H35BrN2O5. The number of nitrogens with one attached hydrogen (secondary N) is 2. The van der Waals surface area contributed by atoms with E-state index in [-0.39, 0.29) is 5.92 Å². The molecule has 7 atom stereocenters. The average molecular weight is 608 g/mol. The van der Waals surface area contributed by atoms with Crippen LogP contribution >= 0.6 is 15.9 Å². The zero-order valence-corrected chi connectivity index (χ0v) is 24.7. The van der Waals surface area contributed by atoms with Gasteiger partial charge in [0, 0.05) is 39.5 Å². The SMILES string of the molecule is CC1=C(C)[C@H]2[C@H](Cc3c[nH]c4ccc(Br)cc34)NC(=O)[C@]23C(=O)/C=C/C(=O)[C@H](O)/C(C)=C/[C@@H](C)C/C=C/[C@H]3[C@@H]1O. The average Bonchev–Trinajstić information content (AvgIpc) is 3.44. The maximum atomic E-state index is 14.2. The number of hydrogen-bond acceptors (Lipinski definition) is 5. The first-order valence-corrected chi connectivity index (χ1v) is 14.5. The zero-order valence-electron chi connectivity index (χ0n) is 23.1. The largest absolute Gasteiger partial charge is 0.388 e. The first kappa shape index (κ1) is 28.5. The maximum Gasteiger partial charge on any atom is 0.235 e. The molecule has 0 unspecified atom stereocenters. The van der Waals surface area contributed by atoms with Crippen LogP contribution in [0.3, 0.4) is 0 Å². The molecule has 2 aromatic rings. The van der Waals surface area contributed by atoms with Crippen LogP contribution in [0.5, 0.6) is 0 Å². The molecule has 8 heteroatoms. The minimum atomic E-state index is -1.64. The van der Waals surface area contributed by atoms with Crippen molar-refractivity contribution in [1.82, 2.24) is 10.3 Å². The number of hydrogen-bond donors (Lipinski definition) is 4. The number of halogens is 1. The zero-order chi connectivity index (χ0) is 28.9. The van der Waals surface area contributed by atoms with Gasteiger partial charge < -0.3 is 20.5 Å². The number of aliphatic hydroxyl groups is 2. The highest BCUT2D eigenvalue weighted by Crippen LogP contribution is 2.55. The number of carbonyl (C=O) groups is 3. The van der Waals surface area contributed by atoms with Crippen LogP contribution in [0, 0.1) is 23.2 Å². The van der Waals surface area contributed by atoms with Crippen LogP contribution in [0.2, 0.25) is 0 Å². The molecule has 1 aromatic heterocycles. The Labute approximate surface area is 242 Å². The van der Waals surface area contributed by atoms with Gasteiger partial charge in [0.05, 0.1) is 6.10 Å². The van der Waals surface area contributed by atoms with Crippen molar-refractivity contribution in [2.45, 2.75) is 58.8 Å². The Morgan fingerprint density at radius 1 is 1.07 bits per heavy atom. The van der Waals surface area contributed by atoms with Gasteiger partial charge in [-0.1, -0.05) is 46.7 Å². The fourth-order valence-corrected chi connectivity index (χ4v) is 7.26. The van der Waals surface area contributed by atoms with E-state index in [1.807, 2.05) is 57.3 Å². The normalized spacial score (nSPS) is 36.1. The van der Waals surface area contributed by atoms with Gasteiger partial charge in [0.15, 0.2) is 11.6 Å². The lowest BCUT2D eigenvalue weighted by Gasteiger charge is -2.45. The van der Waals surface area contributed by atoms with Crippen LogP contribution in [0.15, 0.2) is 76.0 Å². The minimum Gasteiger partial charge on any atom is -0.388 e. The second-order valence-electron chi connectivity index (χ2n) is 11.5. The topological polar surface area (TPSA) is 119 Å². The molecule has 0 bridgehead atoms. The summed E-state index contributed by atoms with van der Waals surface area (Å²) in [5.41, 5.74) is 2.38. The molecule has 4 N–H and O–H groups in total. The molecule has 5 rings (SSSR count).